The molecule has 0 spiro atoms. The molecule has 1 aromatic rings. The van der Waals surface area contributed by atoms with Gasteiger partial charge in [0.15, 0.2) is 0 Å². The number of nitro groups is 1. The Balaban J connectivity index is 2.21. The van der Waals surface area contributed by atoms with E-state index < -0.39 is 4.92 Å². The molecule has 1 atom stereocenters. The largest absolute Gasteiger partial charge is 0.469 e. The number of hydrogen-bond acceptors (Lipinski definition) is 5. The van der Waals surface area contributed by atoms with Gasteiger partial charge in [0.25, 0.3) is 5.69 Å². The number of nitro benzene ring substituents is 1. The summed E-state index contributed by atoms with van der Waals surface area (Å²) in [6, 6.07) is 4.58. The summed E-state index contributed by atoms with van der Waals surface area (Å²) in [6.45, 7) is 0.540. The third-order valence-electron chi connectivity index (χ3n) is 2.85. The monoisotopic (exact) mass is 236 g/mol. The van der Waals surface area contributed by atoms with Gasteiger partial charge in [-0.3, -0.25) is 14.9 Å². The average molecular weight is 236 g/mol. The second-order valence-electron chi connectivity index (χ2n) is 3.85. The van der Waals surface area contributed by atoms with Crippen molar-refractivity contribution in [1.29, 1.82) is 0 Å². The zero-order valence-electron chi connectivity index (χ0n) is 9.30. The van der Waals surface area contributed by atoms with Gasteiger partial charge >= 0.3 is 5.97 Å². The van der Waals surface area contributed by atoms with E-state index in [1.165, 1.54) is 13.2 Å². The number of hydrogen-bond donors (Lipinski definition) is 1. The van der Waals surface area contributed by atoms with Crippen molar-refractivity contribution in [2.24, 2.45) is 0 Å². The molecule has 2 rings (SSSR count). The zero-order chi connectivity index (χ0) is 12.4. The van der Waals surface area contributed by atoms with Crippen LogP contribution in [0.3, 0.4) is 0 Å². The number of fused-ring (bicyclic) bond motifs is 1. The van der Waals surface area contributed by atoms with Crippen LogP contribution in [0, 0.1) is 10.1 Å². The second-order valence-corrected chi connectivity index (χ2v) is 3.85. The molecule has 6 nitrogen and oxygen atoms in total. The topological polar surface area (TPSA) is 81.5 Å². The number of non-ortho nitro benzene ring substituents is 1. The highest BCUT2D eigenvalue weighted by molar-refractivity contribution is 5.70. The van der Waals surface area contributed by atoms with E-state index in [9.17, 15) is 14.9 Å². The van der Waals surface area contributed by atoms with Crippen LogP contribution >= 0.6 is 0 Å². The lowest BCUT2D eigenvalue weighted by atomic mass is 10.0. The first kappa shape index (κ1) is 11.5. The third-order valence-corrected chi connectivity index (χ3v) is 2.85. The summed E-state index contributed by atoms with van der Waals surface area (Å²) in [5, 5.41) is 13.7. The van der Waals surface area contributed by atoms with Crippen molar-refractivity contribution in [3.63, 3.8) is 0 Å². The number of benzene rings is 1. The predicted octanol–water partition coefficient (Wildman–Crippen LogP) is 1.30. The summed E-state index contributed by atoms with van der Waals surface area (Å²) in [5.41, 5.74) is 1.87. The summed E-state index contributed by atoms with van der Waals surface area (Å²) >= 11 is 0. The Morgan fingerprint density at radius 2 is 2.41 bits per heavy atom. The van der Waals surface area contributed by atoms with Gasteiger partial charge in [0.05, 0.1) is 18.5 Å². The van der Waals surface area contributed by atoms with Crippen LogP contribution in [-0.2, 0) is 16.1 Å². The van der Waals surface area contributed by atoms with E-state index >= 15 is 0 Å². The normalized spacial score (nSPS) is 17.6. The molecule has 1 unspecified atom stereocenters. The van der Waals surface area contributed by atoms with Crippen molar-refractivity contribution in [2.75, 3.05) is 7.11 Å². The fourth-order valence-electron chi connectivity index (χ4n) is 1.97. The molecule has 6 heteroatoms. The lowest BCUT2D eigenvalue weighted by Crippen LogP contribution is -2.17. The van der Waals surface area contributed by atoms with Crippen LogP contribution in [0.25, 0.3) is 0 Å². The summed E-state index contributed by atoms with van der Waals surface area (Å²) < 4.78 is 4.60. The highest BCUT2D eigenvalue weighted by atomic mass is 16.6. The molecular formula is C11H12N2O4. The van der Waals surface area contributed by atoms with E-state index in [0.29, 0.717) is 6.54 Å². The van der Waals surface area contributed by atoms with Crippen molar-refractivity contribution in [2.45, 2.75) is 19.0 Å². The molecule has 90 valence electrons. The molecule has 1 aliphatic rings. The lowest BCUT2D eigenvalue weighted by molar-refractivity contribution is -0.384. The number of carbonyl (C=O) groups is 1. The van der Waals surface area contributed by atoms with Crippen LogP contribution in [0.15, 0.2) is 18.2 Å². The fraction of sp³-hybridized carbons (Fsp3) is 0.364. The standard InChI is InChI=1S/C11H12N2O4/c1-17-11(14)5-10-9-3-2-8(13(15)16)4-7(9)6-12-10/h2-4,10,12H,5-6H2,1H3. The highest BCUT2D eigenvalue weighted by Gasteiger charge is 2.25. The molecule has 1 heterocycles. The highest BCUT2D eigenvalue weighted by Crippen LogP contribution is 2.30. The van der Waals surface area contributed by atoms with Gasteiger partial charge < -0.3 is 10.1 Å². The molecule has 1 N–H and O–H groups in total. The molecule has 17 heavy (non-hydrogen) atoms. The maximum atomic E-state index is 11.2. The van der Waals surface area contributed by atoms with Crippen molar-refractivity contribution in [3.8, 4) is 0 Å². The third kappa shape index (κ3) is 2.26. The molecule has 0 bridgehead atoms. The molecule has 0 radical (unpaired) electrons. The predicted molar refractivity (Wildman–Crippen MR) is 59.3 cm³/mol. The van der Waals surface area contributed by atoms with Gasteiger partial charge in [-0.2, -0.15) is 0 Å². The van der Waals surface area contributed by atoms with Crippen LogP contribution in [-0.4, -0.2) is 18.0 Å². The lowest BCUT2D eigenvalue weighted by Gasteiger charge is -2.09. The number of esters is 1. The SMILES string of the molecule is COC(=O)CC1NCc2cc([N+](=O)[O-])ccc21. The van der Waals surface area contributed by atoms with Crippen molar-refractivity contribution in [1.82, 2.24) is 5.32 Å². The Labute approximate surface area is 97.7 Å². The molecule has 0 saturated carbocycles. The maximum absolute atomic E-state index is 11.2. The summed E-state index contributed by atoms with van der Waals surface area (Å²) in [5.74, 6) is -0.297. The van der Waals surface area contributed by atoms with E-state index in [-0.39, 0.29) is 24.1 Å². The van der Waals surface area contributed by atoms with Crippen molar-refractivity contribution in [3.05, 3.63) is 39.4 Å². The van der Waals surface area contributed by atoms with Crippen molar-refractivity contribution >= 4 is 11.7 Å². The minimum absolute atomic E-state index is 0.0734. The summed E-state index contributed by atoms with van der Waals surface area (Å²) in [4.78, 5) is 21.4. The number of rotatable bonds is 3. The molecule has 0 saturated heterocycles. The van der Waals surface area contributed by atoms with Gasteiger partial charge in [-0.25, -0.2) is 0 Å². The Hall–Kier alpha value is -1.95. The van der Waals surface area contributed by atoms with Gasteiger partial charge in [0.1, 0.15) is 0 Å². The Morgan fingerprint density at radius 3 is 3.06 bits per heavy atom. The van der Waals surface area contributed by atoms with Crippen LogP contribution in [0.2, 0.25) is 0 Å². The second kappa shape index (κ2) is 4.50. The van der Waals surface area contributed by atoms with Crippen LogP contribution in [0.5, 0.6) is 0 Å². The smallest absolute Gasteiger partial charge is 0.307 e. The Kier molecular flexibility index (Phi) is 3.06. The van der Waals surface area contributed by atoms with Crippen LogP contribution < -0.4 is 5.32 Å². The van der Waals surface area contributed by atoms with E-state index in [2.05, 4.69) is 10.1 Å². The van der Waals surface area contributed by atoms with E-state index in [4.69, 9.17) is 0 Å². The number of nitrogens with one attached hydrogen (secondary N) is 1. The first-order chi connectivity index (χ1) is 8.11. The van der Waals surface area contributed by atoms with Gasteiger partial charge in [0, 0.05) is 24.7 Å². The number of ether oxygens (including phenoxy) is 1. The zero-order valence-corrected chi connectivity index (χ0v) is 9.30. The molecule has 1 aliphatic heterocycles. The minimum Gasteiger partial charge on any atom is -0.469 e. The van der Waals surface area contributed by atoms with Crippen LogP contribution in [0.4, 0.5) is 5.69 Å². The summed E-state index contributed by atoms with van der Waals surface area (Å²) in [7, 11) is 1.34. The Bertz CT molecular complexity index is 473. The average Bonchev–Trinajstić information content (AvgIpc) is 2.71. The van der Waals surface area contributed by atoms with Gasteiger partial charge in [0.2, 0.25) is 0 Å². The van der Waals surface area contributed by atoms with E-state index in [0.717, 1.165) is 11.1 Å². The van der Waals surface area contributed by atoms with Gasteiger partial charge in [-0.15, -0.1) is 0 Å². The Morgan fingerprint density at radius 1 is 1.65 bits per heavy atom. The van der Waals surface area contributed by atoms with E-state index in [1.807, 2.05) is 0 Å². The van der Waals surface area contributed by atoms with Gasteiger partial charge in [-0.1, -0.05) is 6.07 Å². The number of carbonyl (C=O) groups excluding carboxylic acids is 1. The molecule has 0 amide bonds. The molecule has 0 fully saturated rings. The van der Waals surface area contributed by atoms with E-state index in [1.54, 1.807) is 12.1 Å². The van der Waals surface area contributed by atoms with Crippen molar-refractivity contribution < 1.29 is 14.5 Å². The molecule has 0 aliphatic carbocycles. The first-order valence-electron chi connectivity index (χ1n) is 5.19. The van der Waals surface area contributed by atoms with Crippen LogP contribution in [0.1, 0.15) is 23.6 Å². The number of nitrogens with zero attached hydrogens (tertiary/aromatic N) is 1. The quantitative estimate of drug-likeness (QED) is 0.486. The summed E-state index contributed by atoms with van der Waals surface area (Å²) in [6.07, 6.45) is 0.237. The fourth-order valence-corrected chi connectivity index (χ4v) is 1.97. The minimum atomic E-state index is -0.423. The number of methoxy groups -OCH3 is 1. The molecular weight excluding hydrogens is 224 g/mol. The van der Waals surface area contributed by atoms with Gasteiger partial charge in [-0.05, 0) is 11.1 Å². The first-order valence-corrected chi connectivity index (χ1v) is 5.19. The maximum Gasteiger partial charge on any atom is 0.307 e. The molecule has 0 aromatic heterocycles. The molecule has 1 aromatic carbocycles.